The molecule has 0 bridgehead atoms. The number of nitrogens with zero attached hydrogens (tertiary/aromatic N) is 3. The molecular weight excluding hydrogens is 216 g/mol. The summed E-state index contributed by atoms with van der Waals surface area (Å²) in [6.45, 7) is 6.62. The summed E-state index contributed by atoms with van der Waals surface area (Å²) in [7, 11) is 5.88. The first-order valence-electron chi connectivity index (χ1n) is 5.97. The maximum absolute atomic E-state index is 5.02. The van der Waals surface area contributed by atoms with E-state index in [1.165, 1.54) is 0 Å². The van der Waals surface area contributed by atoms with Crippen LogP contribution in [0.1, 0.15) is 12.6 Å². The first-order valence-corrected chi connectivity index (χ1v) is 5.97. The summed E-state index contributed by atoms with van der Waals surface area (Å²) in [5.74, 6) is 0.924. The molecule has 1 heterocycles. The summed E-state index contributed by atoms with van der Waals surface area (Å²) in [4.78, 5) is 6.68. The van der Waals surface area contributed by atoms with Crippen LogP contribution < -0.4 is 5.32 Å². The number of anilines is 1. The van der Waals surface area contributed by atoms with Crippen LogP contribution in [0.3, 0.4) is 0 Å². The minimum Gasteiger partial charge on any atom is -0.383 e. The van der Waals surface area contributed by atoms with E-state index in [1.807, 2.05) is 6.92 Å². The number of imidazole rings is 1. The Balaban J connectivity index is 2.63. The number of aromatic nitrogens is 2. The third-order valence-corrected chi connectivity index (χ3v) is 2.83. The number of likely N-dealkylation sites (N-methyl/N-ethyl adjacent to an activating group) is 1. The van der Waals surface area contributed by atoms with Gasteiger partial charge in [-0.25, -0.2) is 4.98 Å². The Morgan fingerprint density at radius 2 is 2.24 bits per heavy atom. The Morgan fingerprint density at radius 1 is 1.53 bits per heavy atom. The molecule has 0 amide bonds. The van der Waals surface area contributed by atoms with Crippen molar-refractivity contribution in [1.82, 2.24) is 14.5 Å². The second-order valence-corrected chi connectivity index (χ2v) is 4.59. The number of methoxy groups -OCH3 is 1. The van der Waals surface area contributed by atoms with Gasteiger partial charge in [0.25, 0.3) is 0 Å². The molecule has 1 unspecified atom stereocenters. The number of hydrogen-bond acceptors (Lipinski definition) is 4. The Labute approximate surface area is 104 Å². The highest BCUT2D eigenvalue weighted by molar-refractivity contribution is 5.28. The van der Waals surface area contributed by atoms with Crippen molar-refractivity contribution < 1.29 is 4.74 Å². The van der Waals surface area contributed by atoms with Gasteiger partial charge < -0.3 is 19.5 Å². The lowest BCUT2D eigenvalue weighted by Crippen LogP contribution is -2.29. The third kappa shape index (κ3) is 4.36. The molecule has 1 rings (SSSR count). The van der Waals surface area contributed by atoms with Crippen LogP contribution >= 0.6 is 0 Å². The van der Waals surface area contributed by atoms with Crippen LogP contribution in [0.2, 0.25) is 0 Å². The molecule has 0 saturated carbocycles. The predicted octanol–water partition coefficient (Wildman–Crippen LogP) is 1.20. The highest BCUT2D eigenvalue weighted by Gasteiger charge is 2.10. The van der Waals surface area contributed by atoms with E-state index in [9.17, 15) is 0 Å². The van der Waals surface area contributed by atoms with Gasteiger partial charge in [0, 0.05) is 32.4 Å². The van der Waals surface area contributed by atoms with Gasteiger partial charge in [0.15, 0.2) is 0 Å². The van der Waals surface area contributed by atoms with Crippen LogP contribution in [-0.2, 0) is 11.3 Å². The SMILES string of the molecule is COCCNc1nc(C)cn1CC(C)N(C)C. The van der Waals surface area contributed by atoms with Gasteiger partial charge in [0.05, 0.1) is 12.3 Å². The van der Waals surface area contributed by atoms with Crippen molar-refractivity contribution in [2.24, 2.45) is 0 Å². The topological polar surface area (TPSA) is 42.3 Å². The molecular formula is C12H24N4O. The number of rotatable bonds is 7. The molecule has 5 nitrogen and oxygen atoms in total. The lowest BCUT2D eigenvalue weighted by Gasteiger charge is -2.21. The average molecular weight is 240 g/mol. The smallest absolute Gasteiger partial charge is 0.203 e. The molecule has 0 fully saturated rings. The molecule has 0 radical (unpaired) electrons. The lowest BCUT2D eigenvalue weighted by molar-refractivity contribution is 0.210. The first-order chi connectivity index (χ1) is 8.04. The molecule has 98 valence electrons. The number of aryl methyl sites for hydroxylation is 1. The van der Waals surface area contributed by atoms with Gasteiger partial charge >= 0.3 is 0 Å². The summed E-state index contributed by atoms with van der Waals surface area (Å²) in [5, 5.41) is 3.29. The monoisotopic (exact) mass is 240 g/mol. The van der Waals surface area contributed by atoms with Crippen LogP contribution in [-0.4, -0.2) is 54.8 Å². The molecule has 0 saturated heterocycles. The second kappa shape index (κ2) is 6.61. The third-order valence-electron chi connectivity index (χ3n) is 2.83. The van der Waals surface area contributed by atoms with Gasteiger partial charge in [-0.1, -0.05) is 0 Å². The van der Waals surface area contributed by atoms with E-state index in [2.05, 4.69) is 47.0 Å². The van der Waals surface area contributed by atoms with Gasteiger partial charge in [0.1, 0.15) is 0 Å². The molecule has 1 atom stereocenters. The normalized spacial score (nSPS) is 13.1. The summed E-state index contributed by atoms with van der Waals surface area (Å²) < 4.78 is 7.18. The largest absolute Gasteiger partial charge is 0.383 e. The molecule has 0 aliphatic heterocycles. The zero-order valence-electron chi connectivity index (χ0n) is 11.5. The van der Waals surface area contributed by atoms with Crippen molar-refractivity contribution in [3.8, 4) is 0 Å². The molecule has 0 aliphatic rings. The minimum atomic E-state index is 0.478. The van der Waals surface area contributed by atoms with Crippen molar-refractivity contribution in [2.75, 3.05) is 39.7 Å². The van der Waals surface area contributed by atoms with E-state index in [0.29, 0.717) is 12.6 Å². The number of hydrogen-bond donors (Lipinski definition) is 1. The average Bonchev–Trinajstić information content (AvgIpc) is 2.59. The zero-order valence-corrected chi connectivity index (χ0v) is 11.5. The Bertz CT molecular complexity index is 335. The Kier molecular flexibility index (Phi) is 5.44. The maximum Gasteiger partial charge on any atom is 0.203 e. The maximum atomic E-state index is 5.02. The van der Waals surface area contributed by atoms with E-state index in [1.54, 1.807) is 7.11 Å². The minimum absolute atomic E-state index is 0.478. The Morgan fingerprint density at radius 3 is 2.82 bits per heavy atom. The van der Waals surface area contributed by atoms with Gasteiger partial charge in [-0.05, 0) is 27.9 Å². The van der Waals surface area contributed by atoms with Crippen molar-refractivity contribution in [3.63, 3.8) is 0 Å². The molecule has 0 aromatic carbocycles. The fourth-order valence-corrected chi connectivity index (χ4v) is 1.54. The van der Waals surface area contributed by atoms with Crippen LogP contribution in [0.5, 0.6) is 0 Å². The van der Waals surface area contributed by atoms with Crippen molar-refractivity contribution in [2.45, 2.75) is 26.4 Å². The standard InChI is InChI=1S/C12H24N4O/c1-10-8-16(9-11(2)15(3)4)12(14-10)13-6-7-17-5/h8,11H,6-7,9H2,1-5H3,(H,13,14). The lowest BCUT2D eigenvalue weighted by atomic mass is 10.3. The van der Waals surface area contributed by atoms with E-state index in [0.717, 1.165) is 24.7 Å². The molecule has 1 N–H and O–H groups in total. The summed E-state index contributed by atoms with van der Waals surface area (Å²) >= 11 is 0. The van der Waals surface area contributed by atoms with E-state index >= 15 is 0 Å². The molecule has 0 spiro atoms. The highest BCUT2D eigenvalue weighted by Crippen LogP contribution is 2.10. The molecule has 1 aromatic rings. The van der Waals surface area contributed by atoms with Crippen LogP contribution in [0.4, 0.5) is 5.95 Å². The molecule has 17 heavy (non-hydrogen) atoms. The van der Waals surface area contributed by atoms with Gasteiger partial charge in [0.2, 0.25) is 5.95 Å². The summed E-state index contributed by atoms with van der Waals surface area (Å²) in [6, 6.07) is 0.478. The molecule has 0 aliphatic carbocycles. The van der Waals surface area contributed by atoms with Crippen LogP contribution in [0.25, 0.3) is 0 Å². The van der Waals surface area contributed by atoms with Gasteiger partial charge in [-0.2, -0.15) is 0 Å². The first kappa shape index (κ1) is 14.0. The zero-order chi connectivity index (χ0) is 12.8. The second-order valence-electron chi connectivity index (χ2n) is 4.59. The number of nitrogens with one attached hydrogen (secondary N) is 1. The molecule has 5 heteroatoms. The van der Waals surface area contributed by atoms with E-state index < -0.39 is 0 Å². The van der Waals surface area contributed by atoms with Crippen LogP contribution in [0, 0.1) is 6.92 Å². The van der Waals surface area contributed by atoms with E-state index in [4.69, 9.17) is 4.74 Å². The molecule has 1 aromatic heterocycles. The van der Waals surface area contributed by atoms with Crippen molar-refractivity contribution in [1.29, 1.82) is 0 Å². The van der Waals surface area contributed by atoms with E-state index in [-0.39, 0.29) is 0 Å². The predicted molar refractivity (Wildman–Crippen MR) is 70.5 cm³/mol. The Hall–Kier alpha value is -1.07. The summed E-state index contributed by atoms with van der Waals surface area (Å²) in [6.07, 6.45) is 2.08. The van der Waals surface area contributed by atoms with Crippen molar-refractivity contribution in [3.05, 3.63) is 11.9 Å². The van der Waals surface area contributed by atoms with Gasteiger partial charge in [-0.3, -0.25) is 0 Å². The fraction of sp³-hybridized carbons (Fsp3) is 0.750. The summed E-state index contributed by atoms with van der Waals surface area (Å²) in [5.41, 5.74) is 1.04. The quantitative estimate of drug-likeness (QED) is 0.727. The highest BCUT2D eigenvalue weighted by atomic mass is 16.5. The van der Waals surface area contributed by atoms with Gasteiger partial charge in [-0.15, -0.1) is 0 Å². The fourth-order valence-electron chi connectivity index (χ4n) is 1.54. The van der Waals surface area contributed by atoms with Crippen LogP contribution in [0.15, 0.2) is 6.20 Å². The number of ether oxygens (including phenoxy) is 1. The van der Waals surface area contributed by atoms with Crippen molar-refractivity contribution >= 4 is 5.95 Å².